The third-order valence-corrected chi connectivity index (χ3v) is 6.57. The van der Waals surface area contributed by atoms with E-state index in [9.17, 15) is 8.42 Å². The summed E-state index contributed by atoms with van der Waals surface area (Å²) in [6.45, 7) is 2.04. The molecule has 0 spiro atoms. The SMILES string of the molecule is COC(=S)c1cc(-c2nc(-c3ccc(NS(C)(=O)=O)cc3)cs2)c(C)s1. The summed E-state index contributed by atoms with van der Waals surface area (Å²) in [5.41, 5.74) is 3.35. The van der Waals surface area contributed by atoms with E-state index < -0.39 is 10.0 Å². The first-order chi connectivity index (χ1) is 12.3. The number of sulfonamides is 1. The van der Waals surface area contributed by atoms with Crippen LogP contribution in [0.3, 0.4) is 0 Å². The van der Waals surface area contributed by atoms with E-state index in [2.05, 4.69) is 4.72 Å². The normalized spacial score (nSPS) is 11.3. The van der Waals surface area contributed by atoms with Gasteiger partial charge in [0, 0.05) is 27.1 Å². The average molecular weight is 425 g/mol. The van der Waals surface area contributed by atoms with Crippen LogP contribution in [0.4, 0.5) is 5.69 Å². The number of aryl methyl sites for hydroxylation is 1. The van der Waals surface area contributed by atoms with Crippen LogP contribution in [0.2, 0.25) is 0 Å². The molecule has 9 heteroatoms. The average Bonchev–Trinajstić information content (AvgIpc) is 3.20. The van der Waals surface area contributed by atoms with Crippen molar-refractivity contribution in [3.05, 3.63) is 45.5 Å². The van der Waals surface area contributed by atoms with Crippen molar-refractivity contribution in [1.82, 2.24) is 4.98 Å². The standard InChI is InChI=1S/C17H16N2O3S4/c1-10-13(8-15(25-10)17(23)22-2)16-18-14(9-24-16)11-4-6-12(7-5-11)19-26(3,20)21/h4-9,19H,1-3H3. The number of thiophene rings is 1. The monoisotopic (exact) mass is 424 g/mol. The van der Waals surface area contributed by atoms with Crippen molar-refractivity contribution in [3.8, 4) is 21.8 Å². The zero-order valence-electron chi connectivity index (χ0n) is 14.3. The minimum absolute atomic E-state index is 0.482. The summed E-state index contributed by atoms with van der Waals surface area (Å²) in [4.78, 5) is 6.77. The highest BCUT2D eigenvalue weighted by molar-refractivity contribution is 7.92. The molecule has 3 rings (SSSR count). The molecular formula is C17H16N2O3S4. The Balaban J connectivity index is 1.86. The Labute approximate surface area is 165 Å². The zero-order valence-corrected chi connectivity index (χ0v) is 17.5. The summed E-state index contributed by atoms with van der Waals surface area (Å²) in [6.07, 6.45) is 1.13. The second-order valence-corrected chi connectivity index (χ2v) is 9.80. The maximum absolute atomic E-state index is 11.3. The maximum Gasteiger partial charge on any atom is 0.229 e. The molecule has 1 aromatic carbocycles. The predicted octanol–water partition coefficient (Wildman–Crippen LogP) is 4.54. The predicted molar refractivity (Wildman–Crippen MR) is 113 cm³/mol. The number of rotatable bonds is 5. The minimum Gasteiger partial charge on any atom is -0.486 e. The summed E-state index contributed by atoms with van der Waals surface area (Å²) in [5, 5.41) is 3.38. The van der Waals surface area contributed by atoms with E-state index in [0.717, 1.165) is 37.8 Å². The van der Waals surface area contributed by atoms with Gasteiger partial charge in [0.15, 0.2) is 0 Å². The molecule has 1 N–H and O–H groups in total. The Morgan fingerprint density at radius 2 is 1.96 bits per heavy atom. The fourth-order valence-electron chi connectivity index (χ4n) is 2.35. The minimum atomic E-state index is -3.28. The third kappa shape index (κ3) is 4.29. The molecule has 0 aliphatic heterocycles. The van der Waals surface area contributed by atoms with Crippen LogP contribution in [0.15, 0.2) is 35.7 Å². The summed E-state index contributed by atoms with van der Waals surface area (Å²) in [7, 11) is -1.71. The van der Waals surface area contributed by atoms with Crippen LogP contribution >= 0.6 is 34.9 Å². The van der Waals surface area contributed by atoms with Gasteiger partial charge in [0.1, 0.15) is 5.01 Å². The highest BCUT2D eigenvalue weighted by atomic mass is 32.2. The molecule has 0 amide bonds. The molecule has 0 bridgehead atoms. The van der Waals surface area contributed by atoms with Crippen LogP contribution in [0.5, 0.6) is 0 Å². The third-order valence-electron chi connectivity index (χ3n) is 3.52. The van der Waals surface area contributed by atoms with Gasteiger partial charge in [0.25, 0.3) is 0 Å². The molecule has 3 aromatic rings. The van der Waals surface area contributed by atoms with Crippen molar-refractivity contribution < 1.29 is 13.2 Å². The number of ether oxygens (including phenoxy) is 1. The second kappa shape index (κ2) is 7.43. The summed E-state index contributed by atoms with van der Waals surface area (Å²) in [5.74, 6) is 0. The molecular weight excluding hydrogens is 408 g/mol. The number of hydrogen-bond acceptors (Lipinski definition) is 7. The molecule has 0 atom stereocenters. The van der Waals surface area contributed by atoms with Crippen molar-refractivity contribution in [2.75, 3.05) is 18.1 Å². The lowest BCUT2D eigenvalue weighted by molar-refractivity contribution is 0.417. The van der Waals surface area contributed by atoms with Crippen LogP contribution < -0.4 is 4.72 Å². The van der Waals surface area contributed by atoms with E-state index in [0.29, 0.717) is 10.7 Å². The molecule has 0 fully saturated rings. The molecule has 0 aliphatic carbocycles. The van der Waals surface area contributed by atoms with Crippen LogP contribution in [0, 0.1) is 6.92 Å². The van der Waals surface area contributed by atoms with Crippen molar-refractivity contribution in [2.24, 2.45) is 0 Å². The van der Waals surface area contributed by atoms with Crippen LogP contribution in [-0.2, 0) is 14.8 Å². The van der Waals surface area contributed by atoms with Gasteiger partial charge in [-0.1, -0.05) is 12.1 Å². The Bertz CT molecular complexity index is 1050. The topological polar surface area (TPSA) is 68.3 Å². The smallest absolute Gasteiger partial charge is 0.229 e. The van der Waals surface area contributed by atoms with Crippen molar-refractivity contribution >= 4 is 55.7 Å². The van der Waals surface area contributed by atoms with E-state index in [1.54, 1.807) is 41.9 Å². The number of anilines is 1. The van der Waals surface area contributed by atoms with E-state index in [1.165, 1.54) is 0 Å². The number of nitrogens with zero attached hydrogens (tertiary/aromatic N) is 1. The maximum atomic E-state index is 11.3. The van der Waals surface area contributed by atoms with Crippen LogP contribution in [-0.4, -0.2) is 31.8 Å². The molecule has 2 heterocycles. The molecule has 2 aromatic heterocycles. The summed E-state index contributed by atoms with van der Waals surface area (Å²) < 4.78 is 30.1. The first-order valence-electron chi connectivity index (χ1n) is 7.49. The molecule has 0 saturated carbocycles. The summed E-state index contributed by atoms with van der Waals surface area (Å²) >= 11 is 8.35. The molecule has 0 saturated heterocycles. The van der Waals surface area contributed by atoms with Crippen LogP contribution in [0.1, 0.15) is 9.75 Å². The number of thiocarbonyl (C=S) groups is 1. The van der Waals surface area contributed by atoms with Gasteiger partial charge in [0.2, 0.25) is 15.1 Å². The van der Waals surface area contributed by atoms with E-state index >= 15 is 0 Å². The number of methoxy groups -OCH3 is 1. The first kappa shape index (κ1) is 19.0. The van der Waals surface area contributed by atoms with Crippen LogP contribution in [0.25, 0.3) is 21.8 Å². The van der Waals surface area contributed by atoms with E-state index in [4.69, 9.17) is 21.9 Å². The fourth-order valence-corrected chi connectivity index (χ4v) is 5.00. The van der Waals surface area contributed by atoms with Gasteiger partial charge in [0.05, 0.1) is 23.9 Å². The van der Waals surface area contributed by atoms with Gasteiger partial charge in [-0.15, -0.1) is 22.7 Å². The van der Waals surface area contributed by atoms with Crippen molar-refractivity contribution in [3.63, 3.8) is 0 Å². The van der Waals surface area contributed by atoms with Gasteiger partial charge < -0.3 is 4.74 Å². The Morgan fingerprint density at radius 3 is 2.58 bits per heavy atom. The Kier molecular flexibility index (Phi) is 5.42. The molecule has 0 radical (unpaired) electrons. The van der Waals surface area contributed by atoms with Gasteiger partial charge in [-0.05, 0) is 37.3 Å². The number of thiazole rings is 1. The van der Waals surface area contributed by atoms with Gasteiger partial charge >= 0.3 is 0 Å². The van der Waals surface area contributed by atoms with E-state index in [-0.39, 0.29) is 0 Å². The number of benzene rings is 1. The fraction of sp³-hybridized carbons (Fsp3) is 0.176. The lowest BCUT2D eigenvalue weighted by Gasteiger charge is -2.04. The first-order valence-corrected chi connectivity index (χ1v) is 11.5. The van der Waals surface area contributed by atoms with Gasteiger partial charge in [-0.2, -0.15) is 0 Å². The molecule has 136 valence electrons. The van der Waals surface area contributed by atoms with Crippen molar-refractivity contribution in [1.29, 1.82) is 0 Å². The lowest BCUT2D eigenvalue weighted by Crippen LogP contribution is -2.09. The molecule has 26 heavy (non-hydrogen) atoms. The number of aromatic nitrogens is 1. The second-order valence-electron chi connectivity index (χ2n) is 5.56. The number of hydrogen-bond donors (Lipinski definition) is 1. The Morgan fingerprint density at radius 1 is 1.27 bits per heavy atom. The largest absolute Gasteiger partial charge is 0.486 e. The molecule has 0 unspecified atom stereocenters. The molecule has 0 aliphatic rings. The summed E-state index contributed by atoms with van der Waals surface area (Å²) in [6, 6.07) is 9.14. The quantitative estimate of drug-likeness (QED) is 0.609. The zero-order chi connectivity index (χ0) is 18.9. The van der Waals surface area contributed by atoms with E-state index in [1.807, 2.05) is 30.5 Å². The highest BCUT2D eigenvalue weighted by Crippen LogP contribution is 2.35. The lowest BCUT2D eigenvalue weighted by atomic mass is 10.1. The number of nitrogens with one attached hydrogen (secondary N) is 1. The Hall–Kier alpha value is -1.81. The van der Waals surface area contributed by atoms with Gasteiger partial charge in [-0.3, -0.25) is 4.72 Å². The molecule has 5 nitrogen and oxygen atoms in total. The van der Waals surface area contributed by atoms with Gasteiger partial charge in [-0.25, -0.2) is 13.4 Å². The highest BCUT2D eigenvalue weighted by Gasteiger charge is 2.15. The van der Waals surface area contributed by atoms with Crippen molar-refractivity contribution in [2.45, 2.75) is 6.92 Å².